The molecule has 0 unspecified atom stereocenters. The van der Waals surface area contributed by atoms with Gasteiger partial charge in [0, 0.05) is 16.1 Å². The van der Waals surface area contributed by atoms with Crippen LogP contribution in [0.5, 0.6) is 0 Å². The van der Waals surface area contributed by atoms with Crippen LogP contribution in [0.1, 0.15) is 24.4 Å². The van der Waals surface area contributed by atoms with Crippen LogP contribution in [0.2, 0.25) is 10.0 Å². The van der Waals surface area contributed by atoms with Crippen LogP contribution < -0.4 is 5.32 Å². The molecule has 1 atom stereocenters. The molecule has 0 aromatic heterocycles. The third-order valence-corrected chi connectivity index (χ3v) is 2.97. The Bertz CT molecular complexity index is 308. The summed E-state index contributed by atoms with van der Waals surface area (Å²) in [6.45, 7) is 1.08. The molecule has 78 valence electrons. The summed E-state index contributed by atoms with van der Waals surface area (Å²) in [6, 6.07) is 6.03. The van der Waals surface area contributed by atoms with Crippen molar-refractivity contribution < 1.29 is 0 Å². The Kier molecular flexibility index (Phi) is 4.52. The van der Waals surface area contributed by atoms with E-state index in [0.717, 1.165) is 28.6 Å². The molecule has 1 aliphatic rings. The number of halogens is 3. The smallest absolute Gasteiger partial charge is 0.0454 e. The molecule has 0 saturated carbocycles. The third kappa shape index (κ3) is 2.54. The van der Waals surface area contributed by atoms with Gasteiger partial charge in [-0.15, -0.1) is 12.4 Å². The molecule has 0 spiro atoms. The fraction of sp³-hybridized carbons (Fsp3) is 0.400. The molecule has 2 rings (SSSR count). The summed E-state index contributed by atoms with van der Waals surface area (Å²) >= 11 is 12.0. The first-order valence-corrected chi connectivity index (χ1v) is 5.21. The SMILES string of the molecule is Cl.Clc1ccc(Cl)c([C@@H]2CCCN2)c1. The maximum Gasteiger partial charge on any atom is 0.0454 e. The Balaban J connectivity index is 0.000000980. The fourth-order valence-corrected chi connectivity index (χ4v) is 2.16. The van der Waals surface area contributed by atoms with Crippen molar-refractivity contribution in [1.82, 2.24) is 5.32 Å². The quantitative estimate of drug-likeness (QED) is 0.801. The normalized spacial score (nSPS) is 20.6. The zero-order valence-corrected chi connectivity index (χ0v) is 9.92. The molecule has 1 fully saturated rings. The van der Waals surface area contributed by atoms with Crippen LogP contribution in [0.3, 0.4) is 0 Å². The Morgan fingerprint density at radius 3 is 2.71 bits per heavy atom. The summed E-state index contributed by atoms with van der Waals surface area (Å²) in [7, 11) is 0. The largest absolute Gasteiger partial charge is 0.310 e. The predicted molar refractivity (Wildman–Crippen MR) is 63.7 cm³/mol. The summed E-state index contributed by atoms with van der Waals surface area (Å²) in [4.78, 5) is 0. The van der Waals surface area contributed by atoms with E-state index in [1.807, 2.05) is 18.2 Å². The molecular weight excluding hydrogens is 240 g/mol. The highest BCUT2D eigenvalue weighted by molar-refractivity contribution is 6.33. The van der Waals surface area contributed by atoms with Crippen molar-refractivity contribution in [3.63, 3.8) is 0 Å². The van der Waals surface area contributed by atoms with E-state index < -0.39 is 0 Å². The predicted octanol–water partition coefficient (Wildman–Crippen LogP) is 3.84. The zero-order valence-electron chi connectivity index (χ0n) is 7.59. The molecule has 1 nitrogen and oxygen atoms in total. The van der Waals surface area contributed by atoms with Gasteiger partial charge in [-0.25, -0.2) is 0 Å². The molecule has 1 aromatic rings. The van der Waals surface area contributed by atoms with Crippen LogP contribution in [0, 0.1) is 0 Å². The molecule has 0 amide bonds. The summed E-state index contributed by atoms with van der Waals surface area (Å²) in [6.07, 6.45) is 2.37. The van der Waals surface area contributed by atoms with Crippen LogP contribution in [0.25, 0.3) is 0 Å². The average Bonchev–Trinajstić information content (AvgIpc) is 2.61. The van der Waals surface area contributed by atoms with Gasteiger partial charge in [0.15, 0.2) is 0 Å². The number of benzene rings is 1. The molecule has 1 N–H and O–H groups in total. The maximum atomic E-state index is 6.08. The average molecular weight is 253 g/mol. The highest BCUT2D eigenvalue weighted by Crippen LogP contribution is 2.30. The Hall–Kier alpha value is 0.0500. The lowest BCUT2D eigenvalue weighted by Crippen LogP contribution is -2.13. The minimum atomic E-state index is 0. The van der Waals surface area contributed by atoms with Gasteiger partial charge in [-0.1, -0.05) is 23.2 Å². The van der Waals surface area contributed by atoms with Crippen LogP contribution in [-0.4, -0.2) is 6.54 Å². The molecule has 4 heteroatoms. The van der Waals surface area contributed by atoms with E-state index in [4.69, 9.17) is 23.2 Å². The molecule has 1 heterocycles. The van der Waals surface area contributed by atoms with E-state index in [2.05, 4.69) is 5.32 Å². The van der Waals surface area contributed by atoms with Crippen molar-refractivity contribution in [2.24, 2.45) is 0 Å². The van der Waals surface area contributed by atoms with E-state index in [-0.39, 0.29) is 12.4 Å². The molecule has 1 saturated heterocycles. The van der Waals surface area contributed by atoms with Gasteiger partial charge < -0.3 is 5.32 Å². The van der Waals surface area contributed by atoms with Gasteiger partial charge in [0.1, 0.15) is 0 Å². The zero-order chi connectivity index (χ0) is 9.26. The van der Waals surface area contributed by atoms with Crippen LogP contribution in [-0.2, 0) is 0 Å². The van der Waals surface area contributed by atoms with Gasteiger partial charge >= 0.3 is 0 Å². The van der Waals surface area contributed by atoms with Crippen molar-refractivity contribution in [3.05, 3.63) is 33.8 Å². The Morgan fingerprint density at radius 2 is 2.07 bits per heavy atom. The highest BCUT2D eigenvalue weighted by Gasteiger charge is 2.18. The van der Waals surface area contributed by atoms with Crippen molar-refractivity contribution in [3.8, 4) is 0 Å². The molecule has 0 aliphatic carbocycles. The van der Waals surface area contributed by atoms with Gasteiger partial charge in [-0.2, -0.15) is 0 Å². The number of hydrogen-bond donors (Lipinski definition) is 1. The second kappa shape index (κ2) is 5.22. The summed E-state index contributed by atoms with van der Waals surface area (Å²) < 4.78 is 0. The summed E-state index contributed by atoms with van der Waals surface area (Å²) in [5.74, 6) is 0. The lowest BCUT2D eigenvalue weighted by atomic mass is 10.1. The molecule has 14 heavy (non-hydrogen) atoms. The first-order valence-electron chi connectivity index (χ1n) is 4.46. The highest BCUT2D eigenvalue weighted by atomic mass is 35.5. The van der Waals surface area contributed by atoms with Crippen molar-refractivity contribution in [2.75, 3.05) is 6.54 Å². The van der Waals surface area contributed by atoms with Gasteiger partial charge in [-0.3, -0.25) is 0 Å². The van der Waals surface area contributed by atoms with E-state index in [1.54, 1.807) is 0 Å². The van der Waals surface area contributed by atoms with Crippen LogP contribution in [0.15, 0.2) is 18.2 Å². The lowest BCUT2D eigenvalue weighted by Gasteiger charge is -2.12. The topological polar surface area (TPSA) is 12.0 Å². The Morgan fingerprint density at radius 1 is 1.29 bits per heavy atom. The maximum absolute atomic E-state index is 6.08. The van der Waals surface area contributed by atoms with Crippen LogP contribution in [0.4, 0.5) is 0 Å². The molecule has 1 aliphatic heterocycles. The van der Waals surface area contributed by atoms with Gasteiger partial charge in [0.2, 0.25) is 0 Å². The van der Waals surface area contributed by atoms with Crippen molar-refractivity contribution in [2.45, 2.75) is 18.9 Å². The molecule has 0 radical (unpaired) electrons. The van der Waals surface area contributed by atoms with Crippen molar-refractivity contribution in [1.29, 1.82) is 0 Å². The first kappa shape index (κ1) is 12.1. The second-order valence-electron chi connectivity index (χ2n) is 3.31. The Labute approximate surface area is 100 Å². The monoisotopic (exact) mass is 251 g/mol. The summed E-state index contributed by atoms with van der Waals surface area (Å²) in [5, 5.41) is 4.96. The minimum absolute atomic E-state index is 0. The number of rotatable bonds is 1. The van der Waals surface area contributed by atoms with Crippen molar-refractivity contribution >= 4 is 35.6 Å². The second-order valence-corrected chi connectivity index (χ2v) is 4.16. The number of hydrogen-bond acceptors (Lipinski definition) is 1. The van der Waals surface area contributed by atoms with Gasteiger partial charge in [0.05, 0.1) is 0 Å². The van der Waals surface area contributed by atoms with E-state index >= 15 is 0 Å². The molecular formula is C10H12Cl3N. The number of nitrogens with one attached hydrogen (secondary N) is 1. The molecule has 1 aromatic carbocycles. The first-order chi connectivity index (χ1) is 6.27. The van der Waals surface area contributed by atoms with Gasteiger partial charge in [-0.05, 0) is 43.1 Å². The molecule has 0 bridgehead atoms. The van der Waals surface area contributed by atoms with E-state index in [0.29, 0.717) is 6.04 Å². The standard InChI is InChI=1S/C10H11Cl2N.ClH/c11-7-3-4-9(12)8(6-7)10-2-1-5-13-10;/h3-4,6,10,13H,1-2,5H2;1H/t10-;/m0./s1. The fourth-order valence-electron chi connectivity index (χ4n) is 1.73. The van der Waals surface area contributed by atoms with Gasteiger partial charge in [0.25, 0.3) is 0 Å². The summed E-state index contributed by atoms with van der Waals surface area (Å²) in [5.41, 5.74) is 1.13. The van der Waals surface area contributed by atoms with Crippen LogP contribution >= 0.6 is 35.6 Å². The third-order valence-electron chi connectivity index (χ3n) is 2.39. The minimum Gasteiger partial charge on any atom is -0.310 e. The lowest BCUT2D eigenvalue weighted by molar-refractivity contribution is 0.648. The van der Waals surface area contributed by atoms with E-state index in [9.17, 15) is 0 Å². The van der Waals surface area contributed by atoms with E-state index in [1.165, 1.54) is 6.42 Å².